The van der Waals surface area contributed by atoms with E-state index >= 15 is 0 Å². The van der Waals surface area contributed by atoms with Gasteiger partial charge in [-0.25, -0.2) is 0 Å². The monoisotopic (exact) mass is 158 g/mol. The first kappa shape index (κ1) is 8.96. The number of hydrogen-bond acceptors (Lipinski definition) is 3. The molecule has 54 valence electrons. The van der Waals surface area contributed by atoms with Crippen LogP contribution in [-0.4, -0.2) is 15.0 Å². The fraction of sp³-hybridized carbons (Fsp3) is 0.400. The van der Waals surface area contributed by atoms with E-state index in [1.807, 2.05) is 9.97 Å². The molecule has 0 aromatic heterocycles. The number of nitriles is 1. The Morgan fingerprint density at radius 2 is 2.20 bits per heavy atom. The van der Waals surface area contributed by atoms with Gasteiger partial charge in [0.15, 0.2) is 0 Å². The molecule has 0 unspecified atom stereocenters. The zero-order chi connectivity index (χ0) is 8.04. The molecule has 10 heavy (non-hydrogen) atoms. The van der Waals surface area contributed by atoms with Gasteiger partial charge in [0, 0.05) is 5.25 Å². The van der Waals surface area contributed by atoms with Crippen molar-refractivity contribution < 1.29 is 8.42 Å². The first-order chi connectivity index (χ1) is 4.62. The lowest BCUT2D eigenvalue weighted by molar-refractivity contribution is 0.596. The van der Waals surface area contributed by atoms with Gasteiger partial charge in [0.2, 0.25) is 0 Å². The van der Waals surface area contributed by atoms with E-state index in [0.717, 1.165) is 0 Å². The van der Waals surface area contributed by atoms with Crippen LogP contribution in [0.15, 0.2) is 0 Å². The van der Waals surface area contributed by atoms with Gasteiger partial charge >= 0.3 is 0 Å². The average Bonchev–Trinajstić information content (AvgIpc) is 1.84. The van der Waals surface area contributed by atoms with Crippen LogP contribution >= 0.6 is 0 Å². The molecule has 1 N–H and O–H groups in total. The van der Waals surface area contributed by atoms with Crippen molar-refractivity contribution in [3.05, 3.63) is 0 Å². The number of hydrogen-bond donors (Lipinski definition) is 1. The van der Waals surface area contributed by atoms with E-state index in [1.165, 1.54) is 6.92 Å². The van der Waals surface area contributed by atoms with Crippen molar-refractivity contribution >= 4 is 10.0 Å². The van der Waals surface area contributed by atoms with Gasteiger partial charge in [-0.1, -0.05) is 5.92 Å². The molecule has 0 aliphatic heterocycles. The van der Waals surface area contributed by atoms with Gasteiger partial charge in [0.05, 0.1) is 12.6 Å². The quantitative estimate of drug-likeness (QED) is 0.431. The Hall–Kier alpha value is -1.04. The standard InChI is InChI=1S/C5H6N2O2S/c1-2-5-10(8,9)7-4-3-6/h7H,4H2,1H3. The zero-order valence-corrected chi connectivity index (χ0v) is 6.20. The number of rotatable bonds is 2. The second-order valence-corrected chi connectivity index (χ2v) is 2.83. The van der Waals surface area contributed by atoms with E-state index in [-0.39, 0.29) is 6.54 Å². The summed E-state index contributed by atoms with van der Waals surface area (Å²) >= 11 is 0. The lowest BCUT2D eigenvalue weighted by Gasteiger charge is -1.89. The van der Waals surface area contributed by atoms with Gasteiger partial charge in [-0.15, -0.1) is 0 Å². The molecule has 0 heterocycles. The van der Waals surface area contributed by atoms with Gasteiger partial charge in [-0.3, -0.25) is 0 Å². The molecular weight excluding hydrogens is 152 g/mol. The topological polar surface area (TPSA) is 70.0 Å². The summed E-state index contributed by atoms with van der Waals surface area (Å²) in [6.45, 7) is 1.17. The molecule has 0 aliphatic carbocycles. The Balaban J connectivity index is 4.15. The maximum Gasteiger partial charge on any atom is 0.281 e. The molecule has 0 atom stereocenters. The lowest BCUT2D eigenvalue weighted by atomic mass is 10.8. The molecule has 0 rings (SSSR count). The number of sulfonamides is 1. The van der Waals surface area contributed by atoms with E-state index < -0.39 is 10.0 Å². The summed E-state index contributed by atoms with van der Waals surface area (Å²) in [5.41, 5.74) is 0. The van der Waals surface area contributed by atoms with Crippen LogP contribution in [0.1, 0.15) is 6.92 Å². The Morgan fingerprint density at radius 1 is 1.60 bits per heavy atom. The Bertz CT molecular complexity index is 288. The zero-order valence-electron chi connectivity index (χ0n) is 5.38. The van der Waals surface area contributed by atoms with Crippen molar-refractivity contribution in [2.24, 2.45) is 0 Å². The van der Waals surface area contributed by atoms with Crippen LogP contribution in [0.25, 0.3) is 0 Å². The minimum Gasteiger partial charge on any atom is -0.198 e. The van der Waals surface area contributed by atoms with Crippen LogP contribution < -0.4 is 4.72 Å². The molecule has 0 spiro atoms. The minimum absolute atomic E-state index is 0.239. The summed E-state index contributed by atoms with van der Waals surface area (Å²) in [6, 6.07) is 1.62. The van der Waals surface area contributed by atoms with E-state index in [1.54, 1.807) is 6.07 Å². The summed E-state index contributed by atoms with van der Waals surface area (Å²) in [4.78, 5) is 0. The predicted octanol–water partition coefficient (Wildman–Crippen LogP) is -0.590. The fourth-order valence-electron chi connectivity index (χ4n) is 0.298. The Morgan fingerprint density at radius 3 is 2.60 bits per heavy atom. The van der Waals surface area contributed by atoms with Crippen LogP contribution in [0.2, 0.25) is 0 Å². The second-order valence-electron chi connectivity index (χ2n) is 1.33. The first-order valence-corrected chi connectivity index (χ1v) is 3.91. The van der Waals surface area contributed by atoms with E-state index in [4.69, 9.17) is 5.26 Å². The third kappa shape index (κ3) is 3.90. The van der Waals surface area contributed by atoms with Crippen molar-refractivity contribution in [2.75, 3.05) is 6.54 Å². The fourth-order valence-corrected chi connectivity index (χ4v) is 0.893. The molecular formula is C5H6N2O2S. The molecule has 0 aromatic carbocycles. The highest BCUT2D eigenvalue weighted by Gasteiger charge is 2.00. The predicted molar refractivity (Wildman–Crippen MR) is 36.0 cm³/mol. The summed E-state index contributed by atoms with van der Waals surface area (Å²) in [5, 5.41) is 9.89. The van der Waals surface area contributed by atoms with Crippen LogP contribution in [-0.2, 0) is 10.0 Å². The van der Waals surface area contributed by atoms with Gasteiger partial charge in [-0.2, -0.15) is 18.4 Å². The molecule has 0 bridgehead atoms. The molecule has 0 radical (unpaired) electrons. The van der Waals surface area contributed by atoms with Crippen LogP contribution in [0, 0.1) is 22.5 Å². The maximum atomic E-state index is 10.6. The Labute approximate surface area is 59.9 Å². The van der Waals surface area contributed by atoms with Gasteiger partial charge in [0.1, 0.15) is 0 Å². The highest BCUT2D eigenvalue weighted by atomic mass is 32.2. The van der Waals surface area contributed by atoms with E-state index in [9.17, 15) is 8.42 Å². The average molecular weight is 158 g/mol. The summed E-state index contributed by atoms with van der Waals surface area (Å²) in [5.74, 6) is 2.21. The van der Waals surface area contributed by atoms with Gasteiger partial charge < -0.3 is 0 Å². The van der Waals surface area contributed by atoms with Crippen molar-refractivity contribution in [2.45, 2.75) is 6.92 Å². The maximum absolute atomic E-state index is 10.6. The second kappa shape index (κ2) is 3.89. The van der Waals surface area contributed by atoms with E-state index in [0.29, 0.717) is 0 Å². The normalized spacial score (nSPS) is 9.20. The summed E-state index contributed by atoms with van der Waals surface area (Å²) in [7, 11) is -3.53. The van der Waals surface area contributed by atoms with Crippen molar-refractivity contribution in [3.63, 3.8) is 0 Å². The molecule has 0 amide bonds. The number of nitrogens with one attached hydrogen (secondary N) is 1. The van der Waals surface area contributed by atoms with Crippen molar-refractivity contribution in [1.82, 2.24) is 4.72 Å². The van der Waals surface area contributed by atoms with Crippen molar-refractivity contribution in [3.8, 4) is 17.2 Å². The first-order valence-electron chi connectivity index (χ1n) is 2.42. The number of nitrogens with zero attached hydrogens (tertiary/aromatic N) is 1. The lowest BCUT2D eigenvalue weighted by Crippen LogP contribution is -2.21. The van der Waals surface area contributed by atoms with Crippen molar-refractivity contribution in [1.29, 1.82) is 5.26 Å². The summed E-state index contributed by atoms with van der Waals surface area (Å²) < 4.78 is 23.1. The molecule has 0 fully saturated rings. The SMILES string of the molecule is CC#CS(=O)(=O)NCC#N. The van der Waals surface area contributed by atoms with Crippen LogP contribution in [0.3, 0.4) is 0 Å². The minimum atomic E-state index is -3.53. The Kier molecular flexibility index (Phi) is 3.48. The smallest absolute Gasteiger partial charge is 0.198 e. The third-order valence-corrected chi connectivity index (χ3v) is 1.57. The summed E-state index contributed by atoms with van der Waals surface area (Å²) in [6.07, 6.45) is 0. The molecule has 0 saturated heterocycles. The van der Waals surface area contributed by atoms with Gasteiger partial charge in [0.25, 0.3) is 10.0 Å². The highest BCUT2D eigenvalue weighted by Crippen LogP contribution is 1.76. The molecule has 0 aromatic rings. The largest absolute Gasteiger partial charge is 0.281 e. The van der Waals surface area contributed by atoms with Gasteiger partial charge in [-0.05, 0) is 6.92 Å². The molecule has 0 aliphatic rings. The van der Waals surface area contributed by atoms with Crippen LogP contribution in [0.5, 0.6) is 0 Å². The van der Waals surface area contributed by atoms with Crippen LogP contribution in [0.4, 0.5) is 0 Å². The van der Waals surface area contributed by atoms with E-state index in [2.05, 4.69) is 5.92 Å². The highest BCUT2D eigenvalue weighted by molar-refractivity contribution is 7.94. The molecule has 5 heteroatoms. The third-order valence-electron chi connectivity index (χ3n) is 0.578. The molecule has 4 nitrogen and oxygen atoms in total. The molecule has 0 saturated carbocycles.